The Morgan fingerprint density at radius 3 is 2.69 bits per heavy atom. The van der Waals surface area contributed by atoms with Gasteiger partial charge in [-0.25, -0.2) is 4.98 Å². The van der Waals surface area contributed by atoms with Crippen LogP contribution in [0, 0.1) is 18.3 Å². The first-order valence-electron chi connectivity index (χ1n) is 9.88. The van der Waals surface area contributed by atoms with Crippen LogP contribution in [0.5, 0.6) is 11.5 Å². The minimum absolute atomic E-state index is 0.483. The van der Waals surface area contributed by atoms with Crippen molar-refractivity contribution < 1.29 is 9.47 Å². The third-order valence-corrected chi connectivity index (χ3v) is 4.85. The van der Waals surface area contributed by atoms with Gasteiger partial charge in [-0.3, -0.25) is 0 Å². The quantitative estimate of drug-likeness (QED) is 0.666. The lowest BCUT2D eigenvalue weighted by molar-refractivity contribution is 0.207. The van der Waals surface area contributed by atoms with Crippen LogP contribution in [0.2, 0.25) is 0 Å². The van der Waals surface area contributed by atoms with Crippen LogP contribution in [-0.4, -0.2) is 54.8 Å². The molecule has 2 aromatic rings. The first kappa shape index (κ1) is 20.7. The van der Waals surface area contributed by atoms with E-state index in [-0.39, 0.29) is 0 Å². The van der Waals surface area contributed by atoms with Crippen molar-refractivity contribution in [1.82, 2.24) is 14.9 Å². The highest BCUT2D eigenvalue weighted by molar-refractivity contribution is 5.60. The molecule has 0 bridgehead atoms. The van der Waals surface area contributed by atoms with E-state index in [0.29, 0.717) is 23.9 Å². The molecule has 0 aliphatic carbocycles. The number of aryl methyl sites for hydroxylation is 1. The molecule has 1 unspecified atom stereocenters. The summed E-state index contributed by atoms with van der Waals surface area (Å²) in [7, 11) is 3.40. The van der Waals surface area contributed by atoms with Gasteiger partial charge >= 0.3 is 0 Å². The zero-order valence-electron chi connectivity index (χ0n) is 17.2. The van der Waals surface area contributed by atoms with Crippen LogP contribution in [0.1, 0.15) is 25.0 Å². The molecule has 8 heteroatoms. The normalized spacial score (nSPS) is 14.8. The molecule has 1 aliphatic heterocycles. The van der Waals surface area contributed by atoms with E-state index in [0.717, 1.165) is 36.8 Å². The fraction of sp³-hybridized carbons (Fsp3) is 0.476. The number of likely N-dealkylation sites (tertiary alicyclic amines) is 1. The Balaban J connectivity index is 1.72. The summed E-state index contributed by atoms with van der Waals surface area (Å²) < 4.78 is 11.4. The van der Waals surface area contributed by atoms with E-state index in [2.05, 4.69) is 31.6 Å². The van der Waals surface area contributed by atoms with Crippen LogP contribution in [0.3, 0.4) is 0 Å². The second-order valence-corrected chi connectivity index (χ2v) is 7.03. The molecule has 1 fully saturated rings. The van der Waals surface area contributed by atoms with Gasteiger partial charge in [-0.1, -0.05) is 0 Å². The molecule has 0 radical (unpaired) electrons. The number of nitriles is 1. The van der Waals surface area contributed by atoms with Crippen LogP contribution < -0.4 is 20.1 Å². The maximum atomic E-state index is 9.54. The first-order chi connectivity index (χ1) is 14.1. The Morgan fingerprint density at radius 2 is 2.00 bits per heavy atom. The van der Waals surface area contributed by atoms with Crippen molar-refractivity contribution in [3.8, 4) is 17.6 Å². The number of nitrogens with zero attached hydrogens (tertiary/aromatic N) is 4. The van der Waals surface area contributed by atoms with Gasteiger partial charge in [0.15, 0.2) is 17.6 Å². The highest BCUT2D eigenvalue weighted by atomic mass is 16.5. The maximum Gasteiger partial charge on any atom is 0.229 e. The molecule has 154 valence electrons. The van der Waals surface area contributed by atoms with Crippen molar-refractivity contribution in [2.75, 3.05) is 44.4 Å². The van der Waals surface area contributed by atoms with Crippen LogP contribution in [0.25, 0.3) is 0 Å². The molecule has 1 aromatic carbocycles. The van der Waals surface area contributed by atoms with Gasteiger partial charge in [-0.2, -0.15) is 10.2 Å². The molecule has 8 nitrogen and oxygen atoms in total. The third-order valence-electron chi connectivity index (χ3n) is 4.85. The van der Waals surface area contributed by atoms with Gasteiger partial charge in [0.25, 0.3) is 0 Å². The van der Waals surface area contributed by atoms with E-state index in [1.54, 1.807) is 13.2 Å². The Morgan fingerprint density at radius 1 is 1.21 bits per heavy atom. The summed E-state index contributed by atoms with van der Waals surface area (Å²) in [4.78, 5) is 11.2. The predicted octanol–water partition coefficient (Wildman–Crippen LogP) is 3.34. The zero-order chi connectivity index (χ0) is 20.6. The zero-order valence-corrected chi connectivity index (χ0v) is 17.2. The molecule has 3 rings (SSSR count). The second kappa shape index (κ2) is 9.94. The number of hydrogen-bond acceptors (Lipinski definition) is 8. The highest BCUT2D eigenvalue weighted by Crippen LogP contribution is 2.32. The van der Waals surface area contributed by atoms with E-state index in [9.17, 15) is 5.26 Å². The van der Waals surface area contributed by atoms with E-state index in [1.165, 1.54) is 12.8 Å². The number of aromatic nitrogens is 2. The summed E-state index contributed by atoms with van der Waals surface area (Å²) in [6, 6.07) is 9.61. The standard InChI is InChI=1S/C21H28N6O2/c1-15-12-20(23-2)26-21(24-15)25-16-6-7-18(28-3)19(13-16)29-17(14-22)8-11-27-9-4-5-10-27/h6-7,12-13,17H,4-5,8-11H2,1-3H3,(H2,23,24,25,26). The van der Waals surface area contributed by atoms with Crippen molar-refractivity contribution in [1.29, 1.82) is 5.26 Å². The van der Waals surface area contributed by atoms with E-state index in [4.69, 9.17) is 9.47 Å². The number of methoxy groups -OCH3 is 1. The smallest absolute Gasteiger partial charge is 0.229 e. The van der Waals surface area contributed by atoms with Gasteiger partial charge in [0.2, 0.25) is 5.95 Å². The Kier molecular flexibility index (Phi) is 7.09. The predicted molar refractivity (Wildman–Crippen MR) is 113 cm³/mol. The molecule has 1 aromatic heterocycles. The van der Waals surface area contributed by atoms with Crippen LogP contribution in [0.4, 0.5) is 17.5 Å². The molecular weight excluding hydrogens is 368 g/mol. The summed E-state index contributed by atoms with van der Waals surface area (Å²) in [6.07, 6.45) is 2.58. The van der Waals surface area contributed by atoms with Gasteiger partial charge in [-0.15, -0.1) is 0 Å². The lowest BCUT2D eigenvalue weighted by Crippen LogP contribution is -2.26. The van der Waals surface area contributed by atoms with Crippen molar-refractivity contribution >= 4 is 17.5 Å². The lowest BCUT2D eigenvalue weighted by Gasteiger charge is -2.19. The van der Waals surface area contributed by atoms with Gasteiger partial charge in [0, 0.05) is 43.5 Å². The minimum atomic E-state index is -0.536. The van der Waals surface area contributed by atoms with E-state index in [1.807, 2.05) is 32.2 Å². The number of hydrogen-bond donors (Lipinski definition) is 2. The summed E-state index contributed by atoms with van der Waals surface area (Å²) in [5.41, 5.74) is 1.60. The number of benzene rings is 1. The van der Waals surface area contributed by atoms with Gasteiger partial charge in [0.1, 0.15) is 11.9 Å². The van der Waals surface area contributed by atoms with E-state index < -0.39 is 6.10 Å². The van der Waals surface area contributed by atoms with Gasteiger partial charge in [0.05, 0.1) is 7.11 Å². The Bertz CT molecular complexity index is 861. The topological polar surface area (TPSA) is 95.3 Å². The maximum absolute atomic E-state index is 9.54. The van der Waals surface area contributed by atoms with Crippen molar-refractivity contribution in [3.05, 3.63) is 30.0 Å². The van der Waals surface area contributed by atoms with E-state index >= 15 is 0 Å². The third kappa shape index (κ3) is 5.72. The largest absolute Gasteiger partial charge is 0.493 e. The van der Waals surface area contributed by atoms with Crippen LogP contribution >= 0.6 is 0 Å². The fourth-order valence-corrected chi connectivity index (χ4v) is 3.34. The van der Waals surface area contributed by atoms with Gasteiger partial charge < -0.3 is 25.0 Å². The first-order valence-corrected chi connectivity index (χ1v) is 9.88. The molecule has 29 heavy (non-hydrogen) atoms. The number of ether oxygens (including phenoxy) is 2. The Hall–Kier alpha value is -3.05. The molecular formula is C21H28N6O2. The van der Waals surface area contributed by atoms with Crippen LogP contribution in [-0.2, 0) is 0 Å². The molecule has 1 atom stereocenters. The number of nitrogens with one attached hydrogen (secondary N) is 2. The molecule has 0 saturated carbocycles. The average molecular weight is 396 g/mol. The molecule has 0 amide bonds. The summed E-state index contributed by atoms with van der Waals surface area (Å²) >= 11 is 0. The molecule has 0 spiro atoms. The SMILES string of the molecule is CNc1cc(C)nc(Nc2ccc(OC)c(OC(C#N)CCN3CCCC3)c2)n1. The number of rotatable bonds is 9. The van der Waals surface area contributed by atoms with Crippen molar-refractivity contribution in [2.45, 2.75) is 32.3 Å². The summed E-state index contributed by atoms with van der Waals surface area (Å²) in [6.45, 7) is 4.98. The fourth-order valence-electron chi connectivity index (χ4n) is 3.34. The van der Waals surface area contributed by atoms with Crippen molar-refractivity contribution in [3.63, 3.8) is 0 Å². The van der Waals surface area contributed by atoms with Gasteiger partial charge in [-0.05, 0) is 45.0 Å². The molecule has 2 N–H and O–H groups in total. The molecule has 2 heterocycles. The number of anilines is 3. The average Bonchev–Trinajstić information content (AvgIpc) is 3.24. The highest BCUT2D eigenvalue weighted by Gasteiger charge is 2.17. The summed E-state index contributed by atoms with van der Waals surface area (Å²) in [5, 5.41) is 15.7. The molecule has 1 saturated heterocycles. The Labute approximate surface area is 171 Å². The minimum Gasteiger partial charge on any atom is -0.493 e. The summed E-state index contributed by atoms with van der Waals surface area (Å²) in [5.74, 6) is 2.32. The molecule has 1 aliphatic rings. The monoisotopic (exact) mass is 396 g/mol. The van der Waals surface area contributed by atoms with Crippen LogP contribution in [0.15, 0.2) is 24.3 Å². The lowest BCUT2D eigenvalue weighted by atomic mass is 10.2. The second-order valence-electron chi connectivity index (χ2n) is 7.03. The van der Waals surface area contributed by atoms with Crippen molar-refractivity contribution in [2.24, 2.45) is 0 Å².